The highest BCUT2D eigenvalue weighted by Crippen LogP contribution is 2.28. The summed E-state index contributed by atoms with van der Waals surface area (Å²) < 4.78 is 9.85. The Kier molecular flexibility index (Phi) is 5.41. The number of aliphatic hydroxyl groups excluding tert-OH is 1. The second-order valence-corrected chi connectivity index (χ2v) is 5.76. The van der Waals surface area contributed by atoms with E-state index in [9.17, 15) is 25.3 Å². The van der Waals surface area contributed by atoms with Gasteiger partial charge in [0.25, 0.3) is 0 Å². The Morgan fingerprint density at radius 1 is 1.34 bits per heavy atom. The summed E-state index contributed by atoms with van der Waals surface area (Å²) in [5.74, 6) is -1.31. The number of rotatable bonds is 6. The molecule has 1 aromatic heterocycles. The molecule has 0 saturated heterocycles. The molecule has 3 rings (SSSR count). The molecule has 0 fully saturated rings. The minimum atomic E-state index is -0.913. The Morgan fingerprint density at radius 3 is 2.76 bits per heavy atom. The molecule has 0 unspecified atom stereocenters. The van der Waals surface area contributed by atoms with Crippen molar-refractivity contribution in [2.24, 2.45) is 0 Å². The van der Waals surface area contributed by atoms with Crippen LogP contribution in [0.5, 0.6) is 5.75 Å². The zero-order valence-electron chi connectivity index (χ0n) is 15.1. The molecule has 10 heteroatoms. The molecule has 0 bridgehead atoms. The van der Waals surface area contributed by atoms with E-state index in [2.05, 4.69) is 9.97 Å². The summed E-state index contributed by atoms with van der Waals surface area (Å²) in [4.78, 5) is 29.7. The van der Waals surface area contributed by atoms with Crippen LogP contribution in [-0.4, -0.2) is 39.7 Å². The van der Waals surface area contributed by atoms with Crippen LogP contribution in [0.2, 0.25) is 0 Å². The van der Waals surface area contributed by atoms with E-state index in [-0.39, 0.29) is 22.7 Å². The maximum atomic E-state index is 12.2. The average Bonchev–Trinajstić information content (AvgIpc) is 3.15. The van der Waals surface area contributed by atoms with Gasteiger partial charge in [-0.3, -0.25) is 10.1 Å². The number of aliphatic hydroxyl groups is 1. The van der Waals surface area contributed by atoms with Gasteiger partial charge < -0.3 is 19.6 Å². The van der Waals surface area contributed by atoms with Gasteiger partial charge in [0.15, 0.2) is 17.3 Å². The second-order valence-electron chi connectivity index (χ2n) is 5.76. The van der Waals surface area contributed by atoms with Crippen LogP contribution in [-0.2, 0) is 4.74 Å². The first kappa shape index (κ1) is 19.4. The summed E-state index contributed by atoms with van der Waals surface area (Å²) >= 11 is 0. The third kappa shape index (κ3) is 3.98. The van der Waals surface area contributed by atoms with E-state index >= 15 is 0 Å². The fourth-order valence-corrected chi connectivity index (χ4v) is 2.57. The van der Waals surface area contributed by atoms with Crippen LogP contribution in [0.15, 0.2) is 48.2 Å². The zero-order valence-corrected chi connectivity index (χ0v) is 15.1. The Labute approximate surface area is 163 Å². The minimum absolute atomic E-state index is 0.00838. The van der Waals surface area contributed by atoms with Crippen molar-refractivity contribution in [3.8, 4) is 11.8 Å². The van der Waals surface area contributed by atoms with Gasteiger partial charge in [-0.25, -0.2) is 9.78 Å². The Hall–Kier alpha value is -4.39. The number of fused-ring (bicyclic) bond motifs is 1. The first-order valence-corrected chi connectivity index (χ1v) is 8.21. The predicted molar refractivity (Wildman–Crippen MR) is 101 cm³/mol. The Morgan fingerprint density at radius 2 is 2.10 bits per heavy atom. The fraction of sp³-hybridized carbons (Fsp3) is 0.105. The number of nitrogens with one attached hydrogen (secondary N) is 1. The number of nitro groups is 1. The average molecular weight is 394 g/mol. The molecule has 0 aliphatic carbocycles. The molecular formula is C19H14N4O6. The number of ether oxygens (including phenoxy) is 2. The number of carbonyl (C=O) groups is 1. The van der Waals surface area contributed by atoms with Crippen LogP contribution in [0.3, 0.4) is 0 Å². The summed E-state index contributed by atoms with van der Waals surface area (Å²) in [6, 6.07) is 12.4. The standard InChI is InChI=1S/C19H14N4O6/c1-28-17-7-6-11(8-15(17)23(26)27)19(25)29-10-16(24)12(9-20)18-21-13-4-2-3-5-14(13)22-18/h2-8,24H,10H2,1H3,(H,21,22)/b16-12-. The number of aromatic nitrogens is 2. The number of allylic oxidation sites excluding steroid dienone is 1. The number of para-hydroxylation sites is 2. The van der Waals surface area contributed by atoms with E-state index in [1.165, 1.54) is 19.2 Å². The molecule has 146 valence electrons. The van der Waals surface area contributed by atoms with Crippen molar-refractivity contribution in [2.45, 2.75) is 0 Å². The van der Waals surface area contributed by atoms with E-state index in [1.807, 2.05) is 6.07 Å². The molecule has 0 aliphatic heterocycles. The number of aromatic amines is 1. The minimum Gasteiger partial charge on any atom is -0.507 e. The lowest BCUT2D eigenvalue weighted by Gasteiger charge is -2.07. The summed E-state index contributed by atoms with van der Waals surface area (Å²) in [6.45, 7) is -0.613. The van der Waals surface area contributed by atoms with Crippen LogP contribution in [0.25, 0.3) is 16.6 Å². The van der Waals surface area contributed by atoms with Crippen molar-refractivity contribution in [1.82, 2.24) is 9.97 Å². The number of benzene rings is 2. The second kappa shape index (κ2) is 8.10. The van der Waals surface area contributed by atoms with E-state index in [0.717, 1.165) is 6.07 Å². The quantitative estimate of drug-likeness (QED) is 0.213. The number of imidazole rings is 1. The highest BCUT2D eigenvalue weighted by atomic mass is 16.6. The molecule has 1 heterocycles. The topological polar surface area (TPSA) is 151 Å². The molecule has 0 saturated carbocycles. The maximum Gasteiger partial charge on any atom is 0.338 e. The lowest BCUT2D eigenvalue weighted by molar-refractivity contribution is -0.385. The first-order valence-electron chi connectivity index (χ1n) is 8.21. The van der Waals surface area contributed by atoms with Crippen LogP contribution < -0.4 is 4.74 Å². The van der Waals surface area contributed by atoms with E-state index in [1.54, 1.807) is 24.3 Å². The number of carbonyl (C=O) groups excluding carboxylic acids is 1. The molecule has 2 aromatic carbocycles. The smallest absolute Gasteiger partial charge is 0.338 e. The number of esters is 1. The van der Waals surface area contributed by atoms with E-state index in [4.69, 9.17) is 9.47 Å². The van der Waals surface area contributed by atoms with Crippen molar-refractivity contribution in [3.05, 3.63) is 69.7 Å². The number of nitro benzene ring substituents is 1. The summed E-state index contributed by atoms with van der Waals surface area (Å²) in [5, 5.41) is 30.6. The van der Waals surface area contributed by atoms with Crippen molar-refractivity contribution >= 4 is 28.3 Å². The van der Waals surface area contributed by atoms with Gasteiger partial charge in [-0.2, -0.15) is 5.26 Å². The normalized spacial score (nSPS) is 11.4. The largest absolute Gasteiger partial charge is 0.507 e. The number of hydrogen-bond acceptors (Lipinski definition) is 8. The van der Waals surface area contributed by atoms with Gasteiger partial charge >= 0.3 is 11.7 Å². The molecule has 29 heavy (non-hydrogen) atoms. The predicted octanol–water partition coefficient (Wildman–Crippen LogP) is 3.13. The van der Waals surface area contributed by atoms with Gasteiger partial charge in [0, 0.05) is 6.07 Å². The summed E-state index contributed by atoms with van der Waals surface area (Å²) in [6.07, 6.45) is 0. The van der Waals surface area contributed by atoms with Crippen molar-refractivity contribution < 1.29 is 24.3 Å². The van der Waals surface area contributed by atoms with Gasteiger partial charge in [-0.15, -0.1) is 0 Å². The van der Waals surface area contributed by atoms with Crippen molar-refractivity contribution in [1.29, 1.82) is 5.26 Å². The maximum absolute atomic E-state index is 12.2. The van der Waals surface area contributed by atoms with Gasteiger partial charge in [-0.05, 0) is 24.3 Å². The number of nitrogens with zero attached hydrogens (tertiary/aromatic N) is 3. The SMILES string of the molecule is COc1ccc(C(=O)OC/C(O)=C(\C#N)c2nc3ccccc3[nH]2)cc1[N+](=O)[O-]. The molecule has 0 amide bonds. The van der Waals surface area contributed by atoms with Gasteiger partial charge in [0.1, 0.15) is 18.2 Å². The molecule has 10 nitrogen and oxygen atoms in total. The van der Waals surface area contributed by atoms with Crippen LogP contribution in [0, 0.1) is 21.4 Å². The molecule has 0 spiro atoms. The lowest BCUT2D eigenvalue weighted by atomic mass is 10.2. The highest BCUT2D eigenvalue weighted by molar-refractivity contribution is 5.91. The summed E-state index contributed by atoms with van der Waals surface area (Å²) in [7, 11) is 1.27. The number of H-pyrrole nitrogens is 1. The van der Waals surface area contributed by atoms with Gasteiger partial charge in [0.2, 0.25) is 0 Å². The van der Waals surface area contributed by atoms with Gasteiger partial charge in [-0.1, -0.05) is 12.1 Å². The molecule has 0 aliphatic rings. The molecule has 0 radical (unpaired) electrons. The Bertz CT molecular complexity index is 1140. The number of hydrogen-bond donors (Lipinski definition) is 2. The van der Waals surface area contributed by atoms with Crippen molar-refractivity contribution in [2.75, 3.05) is 13.7 Å². The zero-order chi connectivity index (χ0) is 21.0. The van der Waals surface area contributed by atoms with E-state index in [0.29, 0.717) is 11.0 Å². The number of methoxy groups -OCH3 is 1. The molecular weight excluding hydrogens is 380 g/mol. The number of nitriles is 1. The molecule has 2 N–H and O–H groups in total. The third-order valence-electron chi connectivity index (χ3n) is 3.98. The lowest BCUT2D eigenvalue weighted by Crippen LogP contribution is -2.10. The molecule has 3 aromatic rings. The Balaban J connectivity index is 1.80. The van der Waals surface area contributed by atoms with E-state index < -0.39 is 28.9 Å². The van der Waals surface area contributed by atoms with Crippen LogP contribution >= 0.6 is 0 Å². The molecule has 0 atom stereocenters. The van der Waals surface area contributed by atoms with Crippen LogP contribution in [0.1, 0.15) is 16.2 Å². The first-order chi connectivity index (χ1) is 13.9. The third-order valence-corrected chi connectivity index (χ3v) is 3.98. The fourth-order valence-electron chi connectivity index (χ4n) is 2.57. The monoisotopic (exact) mass is 394 g/mol. The van der Waals surface area contributed by atoms with Crippen molar-refractivity contribution in [3.63, 3.8) is 0 Å². The highest BCUT2D eigenvalue weighted by Gasteiger charge is 2.20. The van der Waals surface area contributed by atoms with Gasteiger partial charge in [0.05, 0.1) is 28.6 Å². The van der Waals surface area contributed by atoms with Crippen LogP contribution in [0.4, 0.5) is 5.69 Å². The summed E-state index contributed by atoms with van der Waals surface area (Å²) in [5.41, 5.74) is 0.583.